The first-order valence-corrected chi connectivity index (χ1v) is 6.27. The molecule has 1 heterocycles. The molecule has 98 valence electrons. The Morgan fingerprint density at radius 2 is 2.00 bits per heavy atom. The van der Waals surface area contributed by atoms with Gasteiger partial charge in [0.05, 0.1) is 13.2 Å². The second kappa shape index (κ2) is 5.08. The Bertz CT molecular complexity index is 416. The highest BCUT2D eigenvalue weighted by Gasteiger charge is 2.44. The first kappa shape index (κ1) is 13.1. The average molecular weight is 248 g/mol. The van der Waals surface area contributed by atoms with Crippen molar-refractivity contribution >= 4 is 11.6 Å². The van der Waals surface area contributed by atoms with Crippen LogP contribution in [0.4, 0.5) is 5.69 Å². The number of hydrogen-bond acceptors (Lipinski definition) is 3. The number of amides is 1. The minimum absolute atomic E-state index is 0.0476. The van der Waals surface area contributed by atoms with E-state index in [4.69, 9.17) is 10.5 Å². The lowest BCUT2D eigenvalue weighted by atomic mass is 9.85. The summed E-state index contributed by atoms with van der Waals surface area (Å²) in [5.41, 5.74) is 7.18. The minimum atomic E-state index is -0.531. The van der Waals surface area contributed by atoms with Crippen molar-refractivity contribution in [3.05, 3.63) is 29.8 Å². The minimum Gasteiger partial charge on any atom is -0.379 e. The van der Waals surface area contributed by atoms with E-state index in [0.29, 0.717) is 25.7 Å². The van der Waals surface area contributed by atoms with Crippen LogP contribution in [0.25, 0.3) is 0 Å². The van der Waals surface area contributed by atoms with Crippen LogP contribution in [0, 0.1) is 5.41 Å². The zero-order valence-corrected chi connectivity index (χ0v) is 10.9. The fourth-order valence-electron chi connectivity index (χ4n) is 1.91. The predicted octanol–water partition coefficient (Wildman–Crippen LogP) is 1.72. The third kappa shape index (κ3) is 2.40. The summed E-state index contributed by atoms with van der Waals surface area (Å²) in [6, 6.07) is 7.92. The third-order valence-electron chi connectivity index (χ3n) is 3.46. The number of nitrogens with two attached hydrogens (primary N) is 1. The highest BCUT2D eigenvalue weighted by Crippen LogP contribution is 2.28. The molecule has 1 aliphatic rings. The number of benzene rings is 1. The van der Waals surface area contributed by atoms with E-state index in [2.05, 4.69) is 19.2 Å². The van der Waals surface area contributed by atoms with Gasteiger partial charge in [0, 0.05) is 12.2 Å². The molecule has 0 unspecified atom stereocenters. The van der Waals surface area contributed by atoms with Gasteiger partial charge >= 0.3 is 0 Å². The largest absolute Gasteiger partial charge is 0.379 e. The van der Waals surface area contributed by atoms with Crippen molar-refractivity contribution < 1.29 is 9.53 Å². The Kier molecular flexibility index (Phi) is 3.68. The summed E-state index contributed by atoms with van der Waals surface area (Å²) in [6.45, 7) is 5.44. The van der Waals surface area contributed by atoms with Crippen LogP contribution in [0.15, 0.2) is 24.3 Å². The molecule has 1 aliphatic heterocycles. The van der Waals surface area contributed by atoms with Gasteiger partial charge in [0.25, 0.3) is 0 Å². The van der Waals surface area contributed by atoms with E-state index < -0.39 is 5.41 Å². The summed E-state index contributed by atoms with van der Waals surface area (Å²) < 4.78 is 5.10. The Hall–Kier alpha value is -1.39. The van der Waals surface area contributed by atoms with Gasteiger partial charge in [-0.2, -0.15) is 0 Å². The van der Waals surface area contributed by atoms with E-state index in [1.807, 2.05) is 24.3 Å². The molecule has 0 aromatic heterocycles. The van der Waals surface area contributed by atoms with Crippen LogP contribution in [-0.2, 0) is 9.53 Å². The van der Waals surface area contributed by atoms with Gasteiger partial charge in [0.15, 0.2) is 0 Å². The molecular formula is C14H20N2O2. The van der Waals surface area contributed by atoms with E-state index in [9.17, 15) is 4.79 Å². The van der Waals surface area contributed by atoms with Crippen molar-refractivity contribution in [1.29, 1.82) is 0 Å². The maximum Gasteiger partial charge on any atom is 0.236 e. The zero-order valence-electron chi connectivity index (χ0n) is 10.9. The number of hydrogen-bond donors (Lipinski definition) is 2. The number of ether oxygens (including phenoxy) is 1. The Labute approximate surface area is 108 Å². The number of anilines is 1. The summed E-state index contributed by atoms with van der Waals surface area (Å²) in [6.07, 6.45) is 0. The molecule has 1 amide bonds. The van der Waals surface area contributed by atoms with E-state index in [-0.39, 0.29) is 5.91 Å². The van der Waals surface area contributed by atoms with Crippen LogP contribution in [0.3, 0.4) is 0 Å². The van der Waals surface area contributed by atoms with Gasteiger partial charge < -0.3 is 15.8 Å². The van der Waals surface area contributed by atoms with Crippen molar-refractivity contribution in [2.75, 3.05) is 25.1 Å². The molecular weight excluding hydrogens is 228 g/mol. The first-order valence-electron chi connectivity index (χ1n) is 6.27. The lowest BCUT2D eigenvalue weighted by Crippen LogP contribution is -2.56. The lowest BCUT2D eigenvalue weighted by Gasteiger charge is -2.38. The molecule has 0 saturated carbocycles. The molecule has 1 aromatic rings. The maximum absolute atomic E-state index is 12.1. The van der Waals surface area contributed by atoms with Crippen LogP contribution in [0.1, 0.15) is 25.3 Å². The molecule has 4 nitrogen and oxygen atoms in total. The van der Waals surface area contributed by atoms with Gasteiger partial charge in [0.1, 0.15) is 5.41 Å². The maximum atomic E-state index is 12.1. The first-order chi connectivity index (χ1) is 8.57. The molecule has 2 rings (SSSR count). The van der Waals surface area contributed by atoms with Gasteiger partial charge in [-0.3, -0.25) is 4.79 Å². The molecule has 1 fully saturated rings. The molecule has 0 bridgehead atoms. The van der Waals surface area contributed by atoms with Gasteiger partial charge in [-0.1, -0.05) is 26.0 Å². The SMILES string of the molecule is CC(C)c1ccc(NC(=O)C2(CN)COC2)cc1. The van der Waals surface area contributed by atoms with Crippen LogP contribution in [0.5, 0.6) is 0 Å². The zero-order chi connectivity index (χ0) is 13.2. The van der Waals surface area contributed by atoms with Crippen molar-refractivity contribution in [2.45, 2.75) is 19.8 Å². The van der Waals surface area contributed by atoms with Gasteiger partial charge in [0.2, 0.25) is 5.91 Å². The van der Waals surface area contributed by atoms with Gasteiger partial charge in [-0.05, 0) is 23.6 Å². The van der Waals surface area contributed by atoms with Crippen LogP contribution in [0.2, 0.25) is 0 Å². The number of rotatable bonds is 4. The highest BCUT2D eigenvalue weighted by molar-refractivity contribution is 5.96. The summed E-state index contributed by atoms with van der Waals surface area (Å²) in [4.78, 5) is 12.1. The summed E-state index contributed by atoms with van der Waals surface area (Å²) >= 11 is 0. The molecule has 18 heavy (non-hydrogen) atoms. The fourth-order valence-corrected chi connectivity index (χ4v) is 1.91. The van der Waals surface area contributed by atoms with Crippen molar-refractivity contribution in [3.8, 4) is 0 Å². The monoisotopic (exact) mass is 248 g/mol. The number of nitrogens with one attached hydrogen (secondary N) is 1. The molecule has 1 aromatic carbocycles. The smallest absolute Gasteiger partial charge is 0.236 e. The lowest BCUT2D eigenvalue weighted by molar-refractivity contribution is -0.153. The quantitative estimate of drug-likeness (QED) is 0.852. The van der Waals surface area contributed by atoms with E-state index in [1.165, 1.54) is 5.56 Å². The molecule has 0 spiro atoms. The Morgan fingerprint density at radius 1 is 1.39 bits per heavy atom. The van der Waals surface area contributed by atoms with Crippen LogP contribution >= 0.6 is 0 Å². The molecule has 0 radical (unpaired) electrons. The van der Waals surface area contributed by atoms with Crippen LogP contribution in [-0.4, -0.2) is 25.7 Å². The van der Waals surface area contributed by atoms with Crippen molar-refractivity contribution in [2.24, 2.45) is 11.1 Å². The van der Waals surface area contributed by atoms with Gasteiger partial charge in [-0.15, -0.1) is 0 Å². The van der Waals surface area contributed by atoms with Crippen molar-refractivity contribution in [3.63, 3.8) is 0 Å². The van der Waals surface area contributed by atoms with E-state index in [1.54, 1.807) is 0 Å². The van der Waals surface area contributed by atoms with E-state index in [0.717, 1.165) is 5.69 Å². The molecule has 0 aliphatic carbocycles. The summed E-state index contributed by atoms with van der Waals surface area (Å²) in [5, 5.41) is 2.90. The predicted molar refractivity (Wildman–Crippen MR) is 71.5 cm³/mol. The second-order valence-electron chi connectivity index (χ2n) is 5.21. The molecule has 1 saturated heterocycles. The molecule has 3 N–H and O–H groups in total. The number of carbonyl (C=O) groups excluding carboxylic acids is 1. The van der Waals surface area contributed by atoms with Crippen LogP contribution < -0.4 is 11.1 Å². The topological polar surface area (TPSA) is 64.4 Å². The fraction of sp³-hybridized carbons (Fsp3) is 0.500. The van der Waals surface area contributed by atoms with E-state index >= 15 is 0 Å². The average Bonchev–Trinajstić information content (AvgIpc) is 2.29. The van der Waals surface area contributed by atoms with Crippen molar-refractivity contribution in [1.82, 2.24) is 0 Å². The van der Waals surface area contributed by atoms with Gasteiger partial charge in [-0.25, -0.2) is 0 Å². The number of carbonyl (C=O) groups is 1. The highest BCUT2D eigenvalue weighted by atomic mass is 16.5. The third-order valence-corrected chi connectivity index (χ3v) is 3.46. The summed E-state index contributed by atoms with van der Waals surface area (Å²) in [5.74, 6) is 0.443. The Balaban J connectivity index is 2.03. The standard InChI is InChI=1S/C14H20N2O2/c1-10(2)11-3-5-12(6-4-11)16-13(17)14(7-15)8-18-9-14/h3-6,10H,7-9,15H2,1-2H3,(H,16,17). The summed E-state index contributed by atoms with van der Waals surface area (Å²) in [7, 11) is 0. The normalized spacial score (nSPS) is 17.3. The molecule has 0 atom stereocenters. The Morgan fingerprint density at radius 3 is 2.39 bits per heavy atom. The molecule has 4 heteroatoms. The second-order valence-corrected chi connectivity index (χ2v) is 5.21.